The van der Waals surface area contributed by atoms with Crippen LogP contribution in [-0.2, 0) is 28.5 Å². The van der Waals surface area contributed by atoms with E-state index in [0.29, 0.717) is 5.56 Å². The van der Waals surface area contributed by atoms with Gasteiger partial charge in [-0.1, -0.05) is 38.1 Å². The van der Waals surface area contributed by atoms with Crippen LogP contribution >= 0.6 is 0 Å². The number of rotatable bonds is 10. The second kappa shape index (κ2) is 12.6. The predicted octanol–water partition coefficient (Wildman–Crippen LogP) is 3.93. The number of anilines is 1. The number of aliphatic hydroxyl groups is 1. The minimum atomic E-state index is -4.79. The van der Waals surface area contributed by atoms with Crippen molar-refractivity contribution >= 4 is 16.5 Å². The van der Waals surface area contributed by atoms with Gasteiger partial charge < -0.3 is 25.6 Å². The van der Waals surface area contributed by atoms with Gasteiger partial charge in [-0.25, -0.2) is 4.39 Å². The monoisotopic (exact) mass is 548 g/mol. The molecule has 11 heteroatoms. The number of hydrogen-bond donors (Lipinski definition) is 3. The maximum Gasteiger partial charge on any atom is 0.427 e. The van der Waals surface area contributed by atoms with E-state index >= 15 is 0 Å². The van der Waals surface area contributed by atoms with Gasteiger partial charge in [0.1, 0.15) is 17.3 Å². The van der Waals surface area contributed by atoms with Gasteiger partial charge in [-0.2, -0.15) is 13.2 Å². The van der Waals surface area contributed by atoms with Gasteiger partial charge in [0.25, 0.3) is 0 Å². The Hall–Kier alpha value is -2.21. The number of nitrogens with two attached hydrogens (primary N) is 1. The number of halogens is 4. The van der Waals surface area contributed by atoms with Crippen LogP contribution in [0.3, 0.4) is 0 Å². The van der Waals surface area contributed by atoms with Crippen molar-refractivity contribution in [2.75, 3.05) is 31.0 Å². The van der Waals surface area contributed by atoms with Crippen LogP contribution in [0, 0.1) is 11.7 Å². The SMILES string of the molecule is [2H]C([2H])(N[C@H]1C[S@](=O)C[C@@H](Cc2cc(F)c(N)c(O[C@H](COC)C(F)(F)F)c2)[C@@H]1O)c1cccc(C(C)C)c1. The molecule has 0 unspecified atom stereocenters. The summed E-state index contributed by atoms with van der Waals surface area (Å²) in [5.74, 6) is -2.01. The number of aliphatic hydroxyl groups excluding tert-OH is 1. The Morgan fingerprint density at radius 3 is 2.62 bits per heavy atom. The average molecular weight is 549 g/mol. The maximum absolute atomic E-state index is 14.6. The molecule has 2 aromatic rings. The highest BCUT2D eigenvalue weighted by atomic mass is 32.2. The highest BCUT2D eigenvalue weighted by molar-refractivity contribution is 7.85. The van der Waals surface area contributed by atoms with Crippen LogP contribution in [0.1, 0.15) is 39.2 Å². The van der Waals surface area contributed by atoms with E-state index < -0.39 is 71.5 Å². The van der Waals surface area contributed by atoms with Crippen molar-refractivity contribution in [3.8, 4) is 5.75 Å². The summed E-state index contributed by atoms with van der Waals surface area (Å²) in [6, 6.07) is 8.29. The zero-order chi connectivity index (χ0) is 29.1. The summed E-state index contributed by atoms with van der Waals surface area (Å²) < 4.78 is 93.9. The van der Waals surface area contributed by atoms with Crippen LogP contribution in [0.4, 0.5) is 23.2 Å². The first kappa shape index (κ1) is 26.4. The van der Waals surface area contributed by atoms with E-state index in [4.69, 9.17) is 13.2 Å². The molecular formula is C26H34F4N2O4S. The Morgan fingerprint density at radius 1 is 1.24 bits per heavy atom. The molecule has 0 amide bonds. The highest BCUT2D eigenvalue weighted by Crippen LogP contribution is 2.33. The molecule has 6 nitrogen and oxygen atoms in total. The zero-order valence-corrected chi connectivity index (χ0v) is 21.7. The largest absolute Gasteiger partial charge is 0.476 e. The van der Waals surface area contributed by atoms with Crippen LogP contribution < -0.4 is 15.8 Å². The molecule has 0 radical (unpaired) electrons. The van der Waals surface area contributed by atoms with Crippen LogP contribution in [0.25, 0.3) is 0 Å². The topological polar surface area (TPSA) is 93.8 Å². The molecule has 1 heterocycles. The van der Waals surface area contributed by atoms with E-state index in [-0.39, 0.29) is 29.4 Å². The number of ether oxygens (including phenoxy) is 2. The molecule has 0 saturated carbocycles. The third-order valence-corrected chi connectivity index (χ3v) is 7.75. The zero-order valence-electron chi connectivity index (χ0n) is 22.8. The van der Waals surface area contributed by atoms with Crippen molar-refractivity contribution in [2.45, 2.75) is 57.1 Å². The van der Waals surface area contributed by atoms with Gasteiger partial charge in [0.05, 0.1) is 12.7 Å². The summed E-state index contributed by atoms with van der Waals surface area (Å²) in [5.41, 5.74) is 6.51. The molecule has 1 fully saturated rings. The number of nitrogens with one attached hydrogen (secondary N) is 1. The van der Waals surface area contributed by atoms with Crippen LogP contribution in [0.15, 0.2) is 36.4 Å². The average Bonchev–Trinajstić information content (AvgIpc) is 2.84. The molecule has 5 atom stereocenters. The normalized spacial score (nSPS) is 24.5. The van der Waals surface area contributed by atoms with E-state index in [0.717, 1.165) is 24.8 Å². The molecule has 1 saturated heterocycles. The van der Waals surface area contributed by atoms with E-state index in [1.807, 2.05) is 19.9 Å². The first-order valence-corrected chi connectivity index (χ1v) is 13.3. The number of methoxy groups -OCH3 is 1. The van der Waals surface area contributed by atoms with Crippen molar-refractivity contribution in [2.24, 2.45) is 5.92 Å². The number of benzene rings is 2. The summed E-state index contributed by atoms with van der Waals surface area (Å²) >= 11 is 0. The van der Waals surface area contributed by atoms with Gasteiger partial charge in [-0.3, -0.25) is 4.21 Å². The molecule has 1 aliphatic heterocycles. The Labute approximate surface area is 219 Å². The molecular weight excluding hydrogens is 512 g/mol. The smallest absolute Gasteiger partial charge is 0.427 e. The van der Waals surface area contributed by atoms with Gasteiger partial charge in [-0.05, 0) is 41.2 Å². The van der Waals surface area contributed by atoms with E-state index in [1.54, 1.807) is 18.2 Å². The van der Waals surface area contributed by atoms with Crippen molar-refractivity contribution in [3.05, 3.63) is 58.9 Å². The van der Waals surface area contributed by atoms with E-state index in [2.05, 4.69) is 10.1 Å². The van der Waals surface area contributed by atoms with Crippen molar-refractivity contribution in [1.82, 2.24) is 5.32 Å². The molecule has 206 valence electrons. The second-order valence-electron chi connectivity index (χ2n) is 9.48. The molecule has 2 aromatic carbocycles. The van der Waals surface area contributed by atoms with Gasteiger partial charge >= 0.3 is 6.18 Å². The molecule has 0 aliphatic carbocycles. The third-order valence-electron chi connectivity index (χ3n) is 6.22. The minimum Gasteiger partial charge on any atom is -0.476 e. The first-order valence-electron chi connectivity index (χ1n) is 12.8. The number of alkyl halides is 3. The fourth-order valence-electron chi connectivity index (χ4n) is 4.16. The number of hydrogen-bond acceptors (Lipinski definition) is 6. The Kier molecular flexibility index (Phi) is 8.96. The lowest BCUT2D eigenvalue weighted by Gasteiger charge is -2.35. The van der Waals surface area contributed by atoms with Crippen LogP contribution in [0.2, 0.25) is 0 Å². The highest BCUT2D eigenvalue weighted by Gasteiger charge is 2.42. The lowest BCUT2D eigenvalue weighted by Crippen LogP contribution is -2.53. The van der Waals surface area contributed by atoms with Crippen LogP contribution in [0.5, 0.6) is 5.75 Å². The van der Waals surface area contributed by atoms with E-state index in [1.165, 1.54) is 0 Å². The predicted molar refractivity (Wildman–Crippen MR) is 135 cm³/mol. The van der Waals surface area contributed by atoms with Gasteiger partial charge in [0.2, 0.25) is 6.10 Å². The molecule has 0 spiro atoms. The number of nitrogen functional groups attached to an aromatic ring is 1. The van der Waals surface area contributed by atoms with Crippen molar-refractivity contribution < 1.29 is 39.1 Å². The van der Waals surface area contributed by atoms with Crippen LogP contribution in [-0.4, -0.2) is 59.0 Å². The molecule has 3 rings (SSSR count). The van der Waals surface area contributed by atoms with Gasteiger partial charge in [-0.15, -0.1) is 0 Å². The molecule has 0 bridgehead atoms. The second-order valence-corrected chi connectivity index (χ2v) is 11.0. The van der Waals surface area contributed by atoms with Gasteiger partial charge in [0.15, 0.2) is 0 Å². The Bertz CT molecular complexity index is 1170. The summed E-state index contributed by atoms with van der Waals surface area (Å²) in [4.78, 5) is 0. The first-order chi connectivity index (χ1) is 18.1. The molecule has 37 heavy (non-hydrogen) atoms. The lowest BCUT2D eigenvalue weighted by atomic mass is 9.91. The Morgan fingerprint density at radius 2 is 1.97 bits per heavy atom. The maximum atomic E-state index is 14.6. The van der Waals surface area contributed by atoms with Gasteiger partial charge in [0, 0.05) is 50.6 Å². The lowest BCUT2D eigenvalue weighted by molar-refractivity contribution is -0.206. The molecule has 4 N–H and O–H groups in total. The minimum absolute atomic E-state index is 0.00418. The standard InChI is InChI=1S/C26H34F4N2O4S/c1-15(2)18-6-4-5-16(7-18)11-32-21-14-37(34)13-19(25(21)33)8-17-9-20(27)24(31)22(10-17)36-23(12-35-3)26(28,29)30/h4-7,9-10,15,19,21,23,25,32-33H,8,11-14,31H2,1-3H3/t19-,21+,23-,25+,37-/m1/s1/i11D2. The molecule has 1 aliphatic rings. The van der Waals surface area contributed by atoms with Crippen molar-refractivity contribution in [3.63, 3.8) is 0 Å². The summed E-state index contributed by atoms with van der Waals surface area (Å²) in [6.07, 6.45) is -8.40. The Balaban J connectivity index is 1.81. The third kappa shape index (κ3) is 7.89. The summed E-state index contributed by atoms with van der Waals surface area (Å²) in [5, 5.41) is 13.9. The summed E-state index contributed by atoms with van der Waals surface area (Å²) in [6.45, 7) is 1.09. The molecule has 0 aromatic heterocycles. The van der Waals surface area contributed by atoms with E-state index in [9.17, 15) is 26.9 Å². The van der Waals surface area contributed by atoms with Crippen molar-refractivity contribution in [1.29, 1.82) is 0 Å². The fourth-order valence-corrected chi connectivity index (χ4v) is 5.76. The fraction of sp³-hybridized carbons (Fsp3) is 0.538. The summed E-state index contributed by atoms with van der Waals surface area (Å²) in [7, 11) is -0.370. The quantitative estimate of drug-likeness (QED) is 0.308.